The van der Waals surface area contributed by atoms with Gasteiger partial charge in [-0.05, 0) is 85.4 Å². The average molecular weight is 475 g/mol. The second kappa shape index (κ2) is 8.21. The van der Waals surface area contributed by atoms with Crippen LogP contribution in [0, 0.1) is 13.8 Å². The predicted molar refractivity (Wildman–Crippen MR) is 158 cm³/mol. The molecule has 1 heteroatoms. The SMILES string of the molecule is Cc1cc2ccc3ccccc3c2c(C)c1-c1c(-c2ccccc2)cc2ccc3ccccc3c2c1O. The normalized spacial score (nSPS) is 11.6. The fraction of sp³-hybridized carbons (Fsp3) is 0.0556. The molecule has 0 aromatic heterocycles. The Balaban J connectivity index is 1.69. The van der Waals surface area contributed by atoms with Gasteiger partial charge in [-0.15, -0.1) is 0 Å². The van der Waals surface area contributed by atoms with Crippen molar-refractivity contribution in [1.82, 2.24) is 0 Å². The van der Waals surface area contributed by atoms with Crippen molar-refractivity contribution in [3.63, 3.8) is 0 Å². The Morgan fingerprint density at radius 3 is 1.70 bits per heavy atom. The number of phenols is 1. The number of aryl methyl sites for hydroxylation is 2. The molecule has 176 valence electrons. The first kappa shape index (κ1) is 21.6. The van der Waals surface area contributed by atoms with Crippen LogP contribution in [-0.4, -0.2) is 5.11 Å². The van der Waals surface area contributed by atoms with Gasteiger partial charge in [0, 0.05) is 10.9 Å². The van der Waals surface area contributed by atoms with Gasteiger partial charge in [0.25, 0.3) is 0 Å². The molecule has 0 aliphatic heterocycles. The van der Waals surface area contributed by atoms with Gasteiger partial charge < -0.3 is 5.11 Å². The summed E-state index contributed by atoms with van der Waals surface area (Å²) in [5.41, 5.74) is 6.51. The van der Waals surface area contributed by atoms with Crippen LogP contribution >= 0.6 is 0 Å². The van der Waals surface area contributed by atoms with Crippen molar-refractivity contribution in [2.24, 2.45) is 0 Å². The Morgan fingerprint density at radius 1 is 0.486 bits per heavy atom. The number of aromatic hydroxyl groups is 1. The molecule has 1 N–H and O–H groups in total. The van der Waals surface area contributed by atoms with Gasteiger partial charge in [0.15, 0.2) is 0 Å². The minimum Gasteiger partial charge on any atom is -0.507 e. The minimum atomic E-state index is 0.346. The summed E-state index contributed by atoms with van der Waals surface area (Å²) in [6.07, 6.45) is 0. The monoisotopic (exact) mass is 474 g/mol. The zero-order valence-corrected chi connectivity index (χ0v) is 20.9. The highest BCUT2D eigenvalue weighted by Gasteiger charge is 2.22. The number of fused-ring (bicyclic) bond motifs is 6. The molecular weight excluding hydrogens is 448 g/mol. The molecule has 0 radical (unpaired) electrons. The van der Waals surface area contributed by atoms with Crippen LogP contribution in [-0.2, 0) is 0 Å². The van der Waals surface area contributed by atoms with E-state index in [1.54, 1.807) is 0 Å². The maximum absolute atomic E-state index is 12.2. The molecule has 0 spiro atoms. The van der Waals surface area contributed by atoms with Crippen molar-refractivity contribution in [3.05, 3.63) is 126 Å². The lowest BCUT2D eigenvalue weighted by molar-refractivity contribution is 0.484. The number of hydrogen-bond donors (Lipinski definition) is 1. The second-order valence-corrected chi connectivity index (χ2v) is 9.98. The van der Waals surface area contributed by atoms with Crippen LogP contribution in [0.2, 0.25) is 0 Å². The van der Waals surface area contributed by atoms with Crippen molar-refractivity contribution in [2.75, 3.05) is 0 Å². The summed E-state index contributed by atoms with van der Waals surface area (Å²) in [5, 5.41) is 21.3. The zero-order chi connectivity index (χ0) is 25.1. The van der Waals surface area contributed by atoms with Crippen LogP contribution in [0.15, 0.2) is 115 Å². The maximum Gasteiger partial charge on any atom is 0.132 e. The molecular formula is C36H26O. The standard InChI is InChI=1S/C36H26O/c1-22-20-27-18-16-25-12-6-8-14-29(25)33(27)23(2)32(22)35-31(24-10-4-3-5-11-24)21-28-19-17-26-13-7-9-15-30(26)34(28)36(35)37/h3-21,37H,1-2H3. The maximum atomic E-state index is 12.2. The van der Waals surface area contributed by atoms with Crippen molar-refractivity contribution in [3.8, 4) is 28.0 Å². The molecule has 37 heavy (non-hydrogen) atoms. The predicted octanol–water partition coefficient (Wildman–Crippen LogP) is 9.96. The van der Waals surface area contributed by atoms with Crippen LogP contribution in [0.5, 0.6) is 5.75 Å². The lowest BCUT2D eigenvalue weighted by Gasteiger charge is -2.21. The third-order valence-corrected chi connectivity index (χ3v) is 7.82. The van der Waals surface area contributed by atoms with Crippen LogP contribution in [0.3, 0.4) is 0 Å². The fourth-order valence-electron chi connectivity index (χ4n) is 6.19. The van der Waals surface area contributed by atoms with Crippen molar-refractivity contribution in [2.45, 2.75) is 13.8 Å². The summed E-state index contributed by atoms with van der Waals surface area (Å²) in [6, 6.07) is 40.5. The molecule has 1 nitrogen and oxygen atoms in total. The lowest BCUT2D eigenvalue weighted by atomic mass is 9.83. The van der Waals surface area contributed by atoms with Crippen molar-refractivity contribution >= 4 is 43.1 Å². The molecule has 0 bridgehead atoms. The fourth-order valence-corrected chi connectivity index (χ4v) is 6.19. The second-order valence-electron chi connectivity index (χ2n) is 9.98. The van der Waals surface area contributed by atoms with Gasteiger partial charge in [0.05, 0.1) is 0 Å². The zero-order valence-electron chi connectivity index (χ0n) is 20.9. The average Bonchev–Trinajstić information content (AvgIpc) is 2.93. The van der Waals surface area contributed by atoms with Gasteiger partial charge >= 0.3 is 0 Å². The Bertz CT molecular complexity index is 2000. The molecule has 0 aliphatic rings. The van der Waals surface area contributed by atoms with E-state index in [4.69, 9.17) is 0 Å². The van der Waals surface area contributed by atoms with Crippen molar-refractivity contribution < 1.29 is 5.11 Å². The number of hydrogen-bond acceptors (Lipinski definition) is 1. The quantitative estimate of drug-likeness (QED) is 0.247. The van der Waals surface area contributed by atoms with Gasteiger partial charge in [-0.3, -0.25) is 0 Å². The number of phenolic OH excluding ortho intramolecular Hbond substituents is 1. The molecule has 0 atom stereocenters. The Morgan fingerprint density at radius 2 is 1.03 bits per heavy atom. The van der Waals surface area contributed by atoms with E-state index in [2.05, 4.69) is 111 Å². The first-order valence-corrected chi connectivity index (χ1v) is 12.8. The highest BCUT2D eigenvalue weighted by Crippen LogP contribution is 2.49. The van der Waals surface area contributed by atoms with Crippen LogP contribution in [0.25, 0.3) is 65.3 Å². The summed E-state index contributed by atoms with van der Waals surface area (Å²) < 4.78 is 0. The van der Waals surface area contributed by atoms with E-state index in [9.17, 15) is 5.11 Å². The summed E-state index contributed by atoms with van der Waals surface area (Å²) in [5.74, 6) is 0.346. The number of rotatable bonds is 2. The summed E-state index contributed by atoms with van der Waals surface area (Å²) in [4.78, 5) is 0. The minimum absolute atomic E-state index is 0.346. The molecule has 7 aromatic carbocycles. The van der Waals surface area contributed by atoms with E-state index in [1.807, 2.05) is 18.2 Å². The third-order valence-electron chi connectivity index (χ3n) is 7.82. The smallest absolute Gasteiger partial charge is 0.132 e. The molecule has 7 aromatic rings. The Labute approximate surface area is 216 Å². The van der Waals surface area contributed by atoms with Crippen molar-refractivity contribution in [1.29, 1.82) is 0 Å². The molecule has 0 saturated carbocycles. The van der Waals surface area contributed by atoms with Gasteiger partial charge in [0.2, 0.25) is 0 Å². The van der Waals surface area contributed by atoms with E-state index in [-0.39, 0.29) is 0 Å². The van der Waals surface area contributed by atoms with Crippen LogP contribution in [0.1, 0.15) is 11.1 Å². The van der Waals surface area contributed by atoms with Gasteiger partial charge in [-0.1, -0.05) is 109 Å². The first-order valence-electron chi connectivity index (χ1n) is 12.8. The first-order chi connectivity index (χ1) is 18.1. The molecule has 0 heterocycles. The number of benzene rings is 7. The highest BCUT2D eigenvalue weighted by molar-refractivity contribution is 6.17. The van der Waals surface area contributed by atoms with E-state index in [0.717, 1.165) is 49.4 Å². The van der Waals surface area contributed by atoms with Gasteiger partial charge in [0.1, 0.15) is 5.75 Å². The summed E-state index contributed by atoms with van der Waals surface area (Å²) in [6.45, 7) is 4.37. The molecule has 7 rings (SSSR count). The summed E-state index contributed by atoms with van der Waals surface area (Å²) in [7, 11) is 0. The van der Waals surface area contributed by atoms with Crippen LogP contribution in [0.4, 0.5) is 0 Å². The summed E-state index contributed by atoms with van der Waals surface area (Å²) >= 11 is 0. The lowest BCUT2D eigenvalue weighted by Crippen LogP contribution is -1.96. The third kappa shape index (κ3) is 3.24. The van der Waals surface area contributed by atoms with Gasteiger partial charge in [-0.25, -0.2) is 0 Å². The molecule has 0 unspecified atom stereocenters. The molecule has 0 amide bonds. The highest BCUT2D eigenvalue weighted by atomic mass is 16.3. The topological polar surface area (TPSA) is 20.2 Å². The van der Waals surface area contributed by atoms with Crippen LogP contribution < -0.4 is 0 Å². The van der Waals surface area contributed by atoms with Gasteiger partial charge in [-0.2, -0.15) is 0 Å². The Kier molecular flexibility index (Phi) is 4.81. The molecule has 0 fully saturated rings. The van der Waals surface area contributed by atoms with E-state index in [1.165, 1.54) is 27.1 Å². The Hall–Kier alpha value is -4.62. The molecule has 0 saturated heterocycles. The van der Waals surface area contributed by atoms with E-state index < -0.39 is 0 Å². The largest absolute Gasteiger partial charge is 0.507 e. The van der Waals surface area contributed by atoms with E-state index in [0.29, 0.717) is 5.75 Å². The molecule has 0 aliphatic carbocycles. The van der Waals surface area contributed by atoms with E-state index >= 15 is 0 Å².